The number of nitrogens with zero attached hydrogens (tertiary/aromatic N) is 2. The number of allylic oxidation sites excluding steroid dienone is 1. The van der Waals surface area contributed by atoms with Gasteiger partial charge in [-0.25, -0.2) is 0 Å². The molecule has 1 aromatic carbocycles. The highest BCUT2D eigenvalue weighted by Crippen LogP contribution is 2.18. The number of hydrogen-bond acceptors (Lipinski definition) is 4. The molecule has 0 spiro atoms. The van der Waals surface area contributed by atoms with Crippen molar-refractivity contribution in [2.75, 3.05) is 0 Å². The Morgan fingerprint density at radius 1 is 1.29 bits per heavy atom. The van der Waals surface area contributed by atoms with Crippen molar-refractivity contribution in [2.24, 2.45) is 7.05 Å². The van der Waals surface area contributed by atoms with Crippen molar-refractivity contribution >= 4 is 27.8 Å². The fraction of sp³-hybridized carbons (Fsp3) is 0.111. The first-order chi connectivity index (χ1) is 11.6. The van der Waals surface area contributed by atoms with Gasteiger partial charge >= 0.3 is 0 Å². The number of furan rings is 1. The minimum atomic E-state index is -0.118. The van der Waals surface area contributed by atoms with Crippen molar-refractivity contribution in [3.63, 3.8) is 0 Å². The van der Waals surface area contributed by atoms with Crippen LogP contribution in [0.5, 0.6) is 5.75 Å². The van der Waals surface area contributed by atoms with Crippen molar-refractivity contribution in [2.45, 2.75) is 6.61 Å². The second-order valence-corrected chi connectivity index (χ2v) is 6.06. The van der Waals surface area contributed by atoms with Crippen molar-refractivity contribution in [1.29, 1.82) is 0 Å². The van der Waals surface area contributed by atoms with E-state index in [0.29, 0.717) is 23.7 Å². The molecule has 0 aliphatic heterocycles. The van der Waals surface area contributed by atoms with Crippen LogP contribution >= 0.6 is 15.9 Å². The molecule has 3 aromatic rings. The van der Waals surface area contributed by atoms with E-state index in [4.69, 9.17) is 9.15 Å². The Bertz CT molecular complexity index is 863. The van der Waals surface area contributed by atoms with Gasteiger partial charge in [-0.15, -0.1) is 0 Å². The lowest BCUT2D eigenvalue weighted by Gasteiger charge is -2.03. The molecule has 0 aliphatic carbocycles. The Morgan fingerprint density at radius 3 is 2.79 bits per heavy atom. The molecule has 0 aliphatic rings. The maximum atomic E-state index is 12.0. The molecular weight excluding hydrogens is 372 g/mol. The first-order valence-corrected chi connectivity index (χ1v) is 8.07. The molecule has 3 rings (SSSR count). The van der Waals surface area contributed by atoms with Crippen LogP contribution in [0.25, 0.3) is 6.08 Å². The van der Waals surface area contributed by atoms with Gasteiger partial charge in [-0.1, -0.05) is 15.9 Å². The lowest BCUT2D eigenvalue weighted by molar-refractivity contribution is 0.104. The van der Waals surface area contributed by atoms with Gasteiger partial charge in [-0.05, 0) is 48.6 Å². The normalized spacial score (nSPS) is 11.1. The summed E-state index contributed by atoms with van der Waals surface area (Å²) in [7, 11) is 1.77. The van der Waals surface area contributed by atoms with Crippen LogP contribution in [0.2, 0.25) is 0 Å². The maximum Gasteiger partial charge on any atom is 0.189 e. The molecule has 0 fully saturated rings. The van der Waals surface area contributed by atoms with Gasteiger partial charge < -0.3 is 9.15 Å². The largest absolute Gasteiger partial charge is 0.486 e. The first kappa shape index (κ1) is 16.3. The first-order valence-electron chi connectivity index (χ1n) is 7.28. The molecule has 122 valence electrons. The highest BCUT2D eigenvalue weighted by atomic mass is 79.9. The second-order valence-electron chi connectivity index (χ2n) is 5.15. The van der Waals surface area contributed by atoms with E-state index in [0.717, 1.165) is 10.2 Å². The second kappa shape index (κ2) is 7.31. The summed E-state index contributed by atoms with van der Waals surface area (Å²) in [5, 5.41) is 3.97. The van der Waals surface area contributed by atoms with Crippen LogP contribution in [0.4, 0.5) is 0 Å². The van der Waals surface area contributed by atoms with E-state index in [2.05, 4.69) is 21.0 Å². The van der Waals surface area contributed by atoms with E-state index in [1.54, 1.807) is 30.1 Å². The summed E-state index contributed by atoms with van der Waals surface area (Å²) in [4.78, 5) is 12.0. The number of hydrogen-bond donors (Lipinski definition) is 0. The Kier molecular flexibility index (Phi) is 4.96. The summed E-state index contributed by atoms with van der Waals surface area (Å²) >= 11 is 3.38. The van der Waals surface area contributed by atoms with Gasteiger partial charge in [0.25, 0.3) is 0 Å². The molecule has 5 nitrogen and oxygen atoms in total. The third-order valence-electron chi connectivity index (χ3n) is 3.27. The Balaban J connectivity index is 1.58. The van der Waals surface area contributed by atoms with Crippen LogP contribution in [0.3, 0.4) is 0 Å². The molecule has 0 atom stereocenters. The molecule has 6 heteroatoms. The van der Waals surface area contributed by atoms with Crippen LogP contribution in [0.15, 0.2) is 63.8 Å². The van der Waals surface area contributed by atoms with Gasteiger partial charge in [-0.2, -0.15) is 5.10 Å². The summed E-state index contributed by atoms with van der Waals surface area (Å²) in [5.41, 5.74) is 0.541. The van der Waals surface area contributed by atoms with E-state index in [1.165, 1.54) is 12.3 Å². The van der Waals surface area contributed by atoms with Gasteiger partial charge in [0.1, 0.15) is 23.9 Å². The number of benzene rings is 1. The number of aryl methyl sites for hydroxylation is 1. The predicted octanol–water partition coefficient (Wildman–Crippen LogP) is 4.25. The Hall–Kier alpha value is -2.60. The lowest BCUT2D eigenvalue weighted by Crippen LogP contribution is -1.93. The van der Waals surface area contributed by atoms with Gasteiger partial charge in [0.15, 0.2) is 5.78 Å². The number of aromatic nitrogens is 2. The molecule has 0 saturated heterocycles. The summed E-state index contributed by atoms with van der Waals surface area (Å²) in [5.74, 6) is 1.93. The molecule has 0 saturated carbocycles. The molecule has 0 bridgehead atoms. The van der Waals surface area contributed by atoms with Gasteiger partial charge in [-0.3, -0.25) is 9.48 Å². The summed E-state index contributed by atoms with van der Waals surface area (Å²) < 4.78 is 13.9. The standard InChI is InChI=1S/C18H15BrN2O3/c1-21-11-13(10-20-21)18(22)9-8-16-6-7-17(24-16)12-23-15-4-2-14(19)3-5-15/h2-11H,12H2,1H3. The van der Waals surface area contributed by atoms with Crippen molar-refractivity contribution < 1.29 is 13.9 Å². The number of halogens is 1. The van der Waals surface area contributed by atoms with Gasteiger partial charge in [0, 0.05) is 17.7 Å². The summed E-state index contributed by atoms with van der Waals surface area (Å²) in [6.07, 6.45) is 6.31. The molecule has 2 heterocycles. The molecule has 0 unspecified atom stereocenters. The molecule has 0 N–H and O–H groups in total. The molecule has 24 heavy (non-hydrogen) atoms. The van der Waals surface area contributed by atoms with Crippen molar-refractivity contribution in [3.05, 3.63) is 76.4 Å². The SMILES string of the molecule is Cn1cc(C(=O)C=Cc2ccc(COc3ccc(Br)cc3)o2)cn1. The Labute approximate surface area is 147 Å². The maximum absolute atomic E-state index is 12.0. The van der Waals surface area contributed by atoms with E-state index in [-0.39, 0.29) is 5.78 Å². The van der Waals surface area contributed by atoms with E-state index in [9.17, 15) is 4.79 Å². The van der Waals surface area contributed by atoms with Crippen LogP contribution in [-0.4, -0.2) is 15.6 Å². The number of ketones is 1. The van der Waals surface area contributed by atoms with Crippen molar-refractivity contribution in [3.8, 4) is 5.75 Å². The third-order valence-corrected chi connectivity index (χ3v) is 3.79. The molecule has 0 radical (unpaired) electrons. The predicted molar refractivity (Wildman–Crippen MR) is 93.8 cm³/mol. The van der Waals surface area contributed by atoms with Crippen molar-refractivity contribution in [1.82, 2.24) is 9.78 Å². The zero-order valence-electron chi connectivity index (χ0n) is 13.0. The highest BCUT2D eigenvalue weighted by Gasteiger charge is 2.05. The fourth-order valence-electron chi connectivity index (χ4n) is 2.05. The van der Waals surface area contributed by atoms with Gasteiger partial charge in [0.2, 0.25) is 0 Å². The molecule has 0 amide bonds. The Morgan fingerprint density at radius 2 is 2.08 bits per heavy atom. The number of rotatable bonds is 6. The quantitative estimate of drug-likeness (QED) is 0.469. The summed E-state index contributed by atoms with van der Waals surface area (Å²) in [6, 6.07) is 11.2. The summed E-state index contributed by atoms with van der Waals surface area (Å²) in [6.45, 7) is 0.325. The average Bonchev–Trinajstić information content (AvgIpc) is 3.21. The topological polar surface area (TPSA) is 57.3 Å². The number of carbonyl (C=O) groups is 1. The third kappa shape index (κ3) is 4.23. The monoisotopic (exact) mass is 386 g/mol. The van der Waals surface area contributed by atoms with Gasteiger partial charge in [0.05, 0.1) is 11.8 Å². The van der Waals surface area contributed by atoms with Crippen LogP contribution in [-0.2, 0) is 13.7 Å². The van der Waals surface area contributed by atoms with Crippen LogP contribution in [0, 0.1) is 0 Å². The minimum absolute atomic E-state index is 0.118. The van der Waals surface area contributed by atoms with Crippen LogP contribution < -0.4 is 4.74 Å². The average molecular weight is 387 g/mol. The van der Waals surface area contributed by atoms with E-state index >= 15 is 0 Å². The number of carbonyl (C=O) groups excluding carboxylic acids is 1. The molecule has 2 aromatic heterocycles. The zero-order valence-corrected chi connectivity index (χ0v) is 14.6. The van der Waals surface area contributed by atoms with E-state index in [1.807, 2.05) is 30.3 Å². The lowest BCUT2D eigenvalue weighted by atomic mass is 10.2. The zero-order chi connectivity index (χ0) is 16.9. The van der Waals surface area contributed by atoms with E-state index < -0.39 is 0 Å². The minimum Gasteiger partial charge on any atom is -0.486 e. The highest BCUT2D eigenvalue weighted by molar-refractivity contribution is 9.10. The molecular formula is C18H15BrN2O3. The fourth-order valence-corrected chi connectivity index (χ4v) is 2.31. The smallest absolute Gasteiger partial charge is 0.189 e. The number of ether oxygens (including phenoxy) is 1. The van der Waals surface area contributed by atoms with Crippen LogP contribution in [0.1, 0.15) is 21.9 Å².